The minimum absolute atomic E-state index is 0.130. The number of hydrogen-bond acceptors (Lipinski definition) is 4. The van der Waals surface area contributed by atoms with Crippen molar-refractivity contribution in [1.82, 2.24) is 9.97 Å². The molecule has 0 aliphatic heterocycles. The van der Waals surface area contributed by atoms with Crippen LogP contribution >= 0.6 is 15.9 Å². The van der Waals surface area contributed by atoms with Crippen LogP contribution in [0.25, 0.3) is 11.1 Å². The van der Waals surface area contributed by atoms with E-state index in [4.69, 9.17) is 5.11 Å². The lowest BCUT2D eigenvalue weighted by molar-refractivity contribution is -0.135. The van der Waals surface area contributed by atoms with Gasteiger partial charge in [-0.2, -0.15) is 0 Å². The highest BCUT2D eigenvalue weighted by atomic mass is 79.9. The Hall–Kier alpha value is -1.95. The number of carboxylic acid groups (broad SMARTS) is 1. The molecule has 1 aromatic heterocycles. The van der Waals surface area contributed by atoms with Crippen LogP contribution in [0.4, 0.5) is 5.95 Å². The second kappa shape index (κ2) is 6.00. The Morgan fingerprint density at radius 3 is 2.60 bits per heavy atom. The van der Waals surface area contributed by atoms with Crippen molar-refractivity contribution in [3.05, 3.63) is 40.6 Å². The van der Waals surface area contributed by atoms with Gasteiger partial charge in [-0.05, 0) is 30.2 Å². The van der Waals surface area contributed by atoms with E-state index in [-0.39, 0.29) is 6.54 Å². The first-order valence-electron chi connectivity index (χ1n) is 5.99. The number of aryl methyl sites for hydroxylation is 1. The Balaban J connectivity index is 2.28. The fourth-order valence-corrected chi connectivity index (χ4v) is 2.20. The monoisotopic (exact) mass is 335 g/mol. The number of aromatic nitrogens is 2. The fourth-order valence-electron chi connectivity index (χ4n) is 1.84. The molecule has 6 heteroatoms. The number of benzene rings is 1. The molecule has 0 saturated heterocycles. The van der Waals surface area contributed by atoms with Crippen molar-refractivity contribution in [2.24, 2.45) is 0 Å². The summed E-state index contributed by atoms with van der Waals surface area (Å²) in [6, 6.07) is 6.01. The van der Waals surface area contributed by atoms with Gasteiger partial charge in [0, 0.05) is 29.5 Å². The molecular weight excluding hydrogens is 322 g/mol. The van der Waals surface area contributed by atoms with Crippen molar-refractivity contribution in [2.45, 2.75) is 6.92 Å². The summed E-state index contributed by atoms with van der Waals surface area (Å²) in [5, 5.41) is 8.74. The molecule has 1 N–H and O–H groups in total. The largest absolute Gasteiger partial charge is 0.480 e. The van der Waals surface area contributed by atoms with E-state index in [0.717, 1.165) is 21.2 Å². The minimum atomic E-state index is -0.914. The Labute approximate surface area is 125 Å². The lowest BCUT2D eigenvalue weighted by atomic mass is 10.0. The topological polar surface area (TPSA) is 66.3 Å². The van der Waals surface area contributed by atoms with E-state index in [0.29, 0.717) is 5.95 Å². The molecule has 1 aromatic carbocycles. The van der Waals surface area contributed by atoms with Crippen LogP contribution in [0.3, 0.4) is 0 Å². The van der Waals surface area contributed by atoms with Crippen LogP contribution in [0.15, 0.2) is 35.1 Å². The van der Waals surface area contributed by atoms with Crippen LogP contribution in [-0.4, -0.2) is 34.6 Å². The predicted octanol–water partition coefficient (Wildman–Crippen LogP) is 2.74. The molecule has 0 bridgehead atoms. The third kappa shape index (κ3) is 3.33. The highest BCUT2D eigenvalue weighted by Gasteiger charge is 2.09. The van der Waals surface area contributed by atoms with Gasteiger partial charge in [0.1, 0.15) is 6.54 Å². The van der Waals surface area contributed by atoms with Gasteiger partial charge in [-0.15, -0.1) is 0 Å². The van der Waals surface area contributed by atoms with E-state index in [2.05, 4.69) is 25.9 Å². The molecule has 0 aliphatic rings. The molecule has 20 heavy (non-hydrogen) atoms. The molecule has 2 rings (SSSR count). The summed E-state index contributed by atoms with van der Waals surface area (Å²) in [7, 11) is 1.65. The predicted molar refractivity (Wildman–Crippen MR) is 80.8 cm³/mol. The van der Waals surface area contributed by atoms with Crippen LogP contribution in [0.2, 0.25) is 0 Å². The first kappa shape index (κ1) is 14.5. The van der Waals surface area contributed by atoms with E-state index in [1.54, 1.807) is 19.4 Å². The summed E-state index contributed by atoms with van der Waals surface area (Å²) >= 11 is 3.44. The smallest absolute Gasteiger partial charge is 0.323 e. The van der Waals surface area contributed by atoms with Gasteiger partial charge in [0.05, 0.1) is 0 Å². The van der Waals surface area contributed by atoms with Crippen molar-refractivity contribution in [2.75, 3.05) is 18.5 Å². The van der Waals surface area contributed by atoms with E-state index < -0.39 is 5.97 Å². The van der Waals surface area contributed by atoms with E-state index in [9.17, 15) is 4.79 Å². The Morgan fingerprint density at radius 2 is 2.00 bits per heavy atom. The van der Waals surface area contributed by atoms with Gasteiger partial charge in [-0.3, -0.25) is 4.79 Å². The third-order valence-corrected chi connectivity index (χ3v) is 3.36. The molecule has 1 heterocycles. The van der Waals surface area contributed by atoms with Crippen LogP contribution in [-0.2, 0) is 4.79 Å². The molecule has 0 aliphatic carbocycles. The molecule has 0 amide bonds. The van der Waals surface area contributed by atoms with Gasteiger partial charge in [0.25, 0.3) is 0 Å². The normalized spacial score (nSPS) is 10.3. The Morgan fingerprint density at radius 1 is 1.35 bits per heavy atom. The molecule has 0 saturated carbocycles. The van der Waals surface area contributed by atoms with Crippen molar-refractivity contribution >= 4 is 27.8 Å². The van der Waals surface area contributed by atoms with Crippen molar-refractivity contribution in [3.8, 4) is 11.1 Å². The highest BCUT2D eigenvalue weighted by Crippen LogP contribution is 2.26. The van der Waals surface area contributed by atoms with Gasteiger partial charge in [-0.1, -0.05) is 22.0 Å². The summed E-state index contributed by atoms with van der Waals surface area (Å²) in [4.78, 5) is 20.6. The average Bonchev–Trinajstić information content (AvgIpc) is 2.41. The third-order valence-electron chi connectivity index (χ3n) is 2.86. The number of anilines is 1. The zero-order chi connectivity index (χ0) is 14.7. The van der Waals surface area contributed by atoms with Crippen molar-refractivity contribution < 1.29 is 9.90 Å². The summed E-state index contributed by atoms with van der Waals surface area (Å²) < 4.78 is 0.991. The van der Waals surface area contributed by atoms with E-state index in [1.807, 2.05) is 25.1 Å². The molecule has 0 atom stereocenters. The summed E-state index contributed by atoms with van der Waals surface area (Å²) in [6.07, 6.45) is 3.41. The number of hydrogen-bond donors (Lipinski definition) is 1. The van der Waals surface area contributed by atoms with Crippen molar-refractivity contribution in [3.63, 3.8) is 0 Å². The number of carbonyl (C=O) groups is 1. The van der Waals surface area contributed by atoms with E-state index in [1.165, 1.54) is 4.90 Å². The Kier molecular flexibility index (Phi) is 4.34. The SMILES string of the molecule is Cc1ccc(Br)cc1-c1cnc(N(C)CC(=O)O)nc1. The zero-order valence-electron chi connectivity index (χ0n) is 11.2. The lowest BCUT2D eigenvalue weighted by Gasteiger charge is -2.14. The first-order valence-corrected chi connectivity index (χ1v) is 6.78. The number of aliphatic carboxylic acids is 1. The van der Waals surface area contributed by atoms with Crippen molar-refractivity contribution in [1.29, 1.82) is 0 Å². The Bertz CT molecular complexity index is 629. The molecule has 0 radical (unpaired) electrons. The maximum atomic E-state index is 10.7. The number of carboxylic acids is 1. The number of rotatable bonds is 4. The number of nitrogens with zero attached hydrogens (tertiary/aromatic N) is 3. The van der Waals surface area contributed by atoms with Gasteiger partial charge in [0.2, 0.25) is 5.95 Å². The average molecular weight is 336 g/mol. The van der Waals surface area contributed by atoms with E-state index >= 15 is 0 Å². The second-order valence-electron chi connectivity index (χ2n) is 4.48. The first-order chi connectivity index (χ1) is 9.47. The molecule has 104 valence electrons. The van der Waals surface area contributed by atoms with Crippen LogP contribution < -0.4 is 4.90 Å². The zero-order valence-corrected chi connectivity index (χ0v) is 12.8. The molecule has 0 unspecified atom stereocenters. The van der Waals surface area contributed by atoms with Gasteiger partial charge < -0.3 is 10.0 Å². The van der Waals surface area contributed by atoms with Crippen LogP contribution in [0, 0.1) is 6.92 Å². The summed E-state index contributed by atoms with van der Waals surface area (Å²) in [5.74, 6) is -0.521. The maximum Gasteiger partial charge on any atom is 0.323 e. The minimum Gasteiger partial charge on any atom is -0.480 e. The standard InChI is InChI=1S/C14H14BrN3O2/c1-9-3-4-11(15)5-12(9)10-6-16-14(17-7-10)18(2)8-13(19)20/h3-7H,8H2,1-2H3,(H,19,20). The second-order valence-corrected chi connectivity index (χ2v) is 5.40. The number of halogens is 1. The maximum absolute atomic E-state index is 10.7. The molecular formula is C14H14BrN3O2. The fraction of sp³-hybridized carbons (Fsp3) is 0.214. The van der Waals surface area contributed by atoms with Gasteiger partial charge in [0.15, 0.2) is 0 Å². The molecule has 0 spiro atoms. The van der Waals surface area contributed by atoms with Crippen LogP contribution in [0.1, 0.15) is 5.56 Å². The highest BCUT2D eigenvalue weighted by molar-refractivity contribution is 9.10. The van der Waals surface area contributed by atoms with Crippen LogP contribution in [0.5, 0.6) is 0 Å². The summed E-state index contributed by atoms with van der Waals surface area (Å²) in [6.45, 7) is 1.89. The number of likely N-dealkylation sites (N-methyl/N-ethyl adjacent to an activating group) is 1. The van der Waals surface area contributed by atoms with Gasteiger partial charge in [-0.25, -0.2) is 9.97 Å². The lowest BCUT2D eigenvalue weighted by Crippen LogP contribution is -2.26. The quantitative estimate of drug-likeness (QED) is 0.930. The molecule has 5 nitrogen and oxygen atoms in total. The molecule has 0 fully saturated rings. The molecule has 2 aromatic rings. The summed E-state index contributed by atoms with van der Waals surface area (Å²) in [5.41, 5.74) is 3.08. The van der Waals surface area contributed by atoms with Gasteiger partial charge >= 0.3 is 5.97 Å².